The van der Waals surface area contributed by atoms with Gasteiger partial charge in [0.25, 0.3) is 0 Å². The highest BCUT2D eigenvalue weighted by Gasteiger charge is 2.35. The third-order valence-electron chi connectivity index (χ3n) is 4.00. The summed E-state index contributed by atoms with van der Waals surface area (Å²) in [5.41, 5.74) is 0. The molecule has 1 atom stereocenters. The summed E-state index contributed by atoms with van der Waals surface area (Å²) in [5, 5.41) is 3.03. The van der Waals surface area contributed by atoms with E-state index in [-0.39, 0.29) is 10.9 Å². The Morgan fingerprint density at radius 3 is 2.90 bits per heavy atom. The number of nitrogens with one attached hydrogen (secondary N) is 2. The van der Waals surface area contributed by atoms with Crippen LogP contribution in [0, 0.1) is 0 Å². The van der Waals surface area contributed by atoms with Crippen LogP contribution >= 0.6 is 0 Å². The number of pyridine rings is 1. The quantitative estimate of drug-likeness (QED) is 0.821. The van der Waals surface area contributed by atoms with Crippen molar-refractivity contribution in [3.8, 4) is 0 Å². The van der Waals surface area contributed by atoms with Crippen molar-refractivity contribution in [2.45, 2.75) is 43.2 Å². The summed E-state index contributed by atoms with van der Waals surface area (Å²) in [6.45, 7) is 4.49. The monoisotopic (exact) mass is 310 g/mol. The number of nitrogens with zero attached hydrogens (tertiary/aromatic N) is 2. The van der Waals surface area contributed by atoms with E-state index in [1.807, 2.05) is 6.92 Å². The molecule has 1 saturated heterocycles. The maximum absolute atomic E-state index is 12.5. The summed E-state index contributed by atoms with van der Waals surface area (Å²) < 4.78 is 27.7. The zero-order valence-corrected chi connectivity index (χ0v) is 13.1. The van der Waals surface area contributed by atoms with Crippen LogP contribution in [0.25, 0.3) is 0 Å². The predicted molar refractivity (Wildman–Crippen MR) is 81.7 cm³/mol. The molecule has 0 radical (unpaired) electrons. The maximum atomic E-state index is 12.5. The van der Waals surface area contributed by atoms with Gasteiger partial charge < -0.3 is 5.32 Å². The molecule has 7 heteroatoms. The Bertz CT molecular complexity index is 601. The summed E-state index contributed by atoms with van der Waals surface area (Å²) >= 11 is 0. The zero-order valence-electron chi connectivity index (χ0n) is 12.2. The van der Waals surface area contributed by atoms with Crippen LogP contribution in [0.4, 0.5) is 5.82 Å². The highest BCUT2D eigenvalue weighted by molar-refractivity contribution is 7.89. The van der Waals surface area contributed by atoms with Gasteiger partial charge in [0, 0.05) is 44.0 Å². The molecule has 1 aromatic heterocycles. The van der Waals surface area contributed by atoms with Crippen LogP contribution in [0.3, 0.4) is 0 Å². The minimum atomic E-state index is -3.47. The van der Waals surface area contributed by atoms with Crippen LogP contribution in [-0.4, -0.2) is 50.0 Å². The van der Waals surface area contributed by atoms with Gasteiger partial charge >= 0.3 is 0 Å². The van der Waals surface area contributed by atoms with Crippen LogP contribution < -0.4 is 10.0 Å². The number of hydrogen-bond acceptors (Lipinski definition) is 5. The van der Waals surface area contributed by atoms with Crippen LogP contribution in [-0.2, 0) is 10.0 Å². The fourth-order valence-corrected chi connectivity index (χ4v) is 4.07. The van der Waals surface area contributed by atoms with Gasteiger partial charge in [-0.15, -0.1) is 0 Å². The average Bonchev–Trinajstić information content (AvgIpc) is 3.20. The van der Waals surface area contributed by atoms with Gasteiger partial charge in [0.05, 0.1) is 4.90 Å². The van der Waals surface area contributed by atoms with Gasteiger partial charge in [0.2, 0.25) is 10.0 Å². The SMILES string of the molecule is CCNc1cc(S(=O)(=O)NC2CCN(C3CC3)C2)ccn1. The standard InChI is InChI=1S/C14H22N4O2S/c1-2-15-14-9-13(5-7-16-14)21(19,20)17-11-6-8-18(10-11)12-3-4-12/h5,7,9,11-12,17H,2-4,6,8,10H2,1H3,(H,15,16). The maximum Gasteiger partial charge on any atom is 0.241 e. The van der Waals surface area contributed by atoms with E-state index < -0.39 is 10.0 Å². The van der Waals surface area contributed by atoms with Crippen LogP contribution in [0.1, 0.15) is 26.2 Å². The topological polar surface area (TPSA) is 74.3 Å². The zero-order chi connectivity index (χ0) is 14.9. The van der Waals surface area contributed by atoms with E-state index in [2.05, 4.69) is 19.9 Å². The molecule has 0 spiro atoms. The highest BCUT2D eigenvalue weighted by atomic mass is 32.2. The third-order valence-corrected chi connectivity index (χ3v) is 5.52. The van der Waals surface area contributed by atoms with Gasteiger partial charge in [-0.05, 0) is 32.3 Å². The third kappa shape index (κ3) is 3.53. The van der Waals surface area contributed by atoms with Gasteiger partial charge in [0.15, 0.2) is 0 Å². The number of hydrogen-bond donors (Lipinski definition) is 2. The lowest BCUT2D eigenvalue weighted by molar-refractivity contribution is 0.322. The second-order valence-electron chi connectivity index (χ2n) is 5.74. The van der Waals surface area contributed by atoms with E-state index in [1.165, 1.54) is 25.1 Å². The molecule has 1 aliphatic heterocycles. The van der Waals surface area contributed by atoms with Crippen molar-refractivity contribution in [2.24, 2.45) is 0 Å². The van der Waals surface area contributed by atoms with Gasteiger partial charge in [-0.1, -0.05) is 0 Å². The van der Waals surface area contributed by atoms with Gasteiger partial charge in [-0.25, -0.2) is 18.1 Å². The molecule has 2 N–H and O–H groups in total. The van der Waals surface area contributed by atoms with E-state index in [9.17, 15) is 8.42 Å². The second-order valence-corrected chi connectivity index (χ2v) is 7.45. The minimum Gasteiger partial charge on any atom is -0.370 e. The second kappa shape index (κ2) is 5.90. The molecule has 6 nitrogen and oxygen atoms in total. The van der Waals surface area contributed by atoms with E-state index in [0.29, 0.717) is 18.4 Å². The fourth-order valence-electron chi connectivity index (χ4n) is 2.80. The molecule has 3 rings (SSSR count). The number of rotatable bonds is 6. The van der Waals surface area contributed by atoms with E-state index in [4.69, 9.17) is 0 Å². The fraction of sp³-hybridized carbons (Fsp3) is 0.643. The number of likely N-dealkylation sites (tertiary alicyclic amines) is 1. The molecule has 1 aromatic rings. The molecular formula is C14H22N4O2S. The normalized spacial score (nSPS) is 23.4. The lowest BCUT2D eigenvalue weighted by Gasteiger charge is -2.16. The summed E-state index contributed by atoms with van der Waals surface area (Å²) in [4.78, 5) is 6.78. The lowest BCUT2D eigenvalue weighted by atomic mass is 10.3. The molecule has 0 aromatic carbocycles. The molecule has 1 aliphatic carbocycles. The van der Waals surface area contributed by atoms with E-state index >= 15 is 0 Å². The molecule has 2 fully saturated rings. The van der Waals surface area contributed by atoms with Crippen LogP contribution in [0.15, 0.2) is 23.2 Å². The van der Waals surface area contributed by atoms with Crippen molar-refractivity contribution >= 4 is 15.8 Å². The van der Waals surface area contributed by atoms with E-state index in [0.717, 1.165) is 19.5 Å². The summed E-state index contributed by atoms with van der Waals surface area (Å²) in [6, 6.07) is 3.84. The molecule has 2 aliphatic rings. The summed E-state index contributed by atoms with van der Waals surface area (Å²) in [6.07, 6.45) is 4.93. The van der Waals surface area contributed by atoms with Crippen molar-refractivity contribution < 1.29 is 8.42 Å². The minimum absolute atomic E-state index is 0.0198. The van der Waals surface area contributed by atoms with Gasteiger partial charge in [0.1, 0.15) is 5.82 Å². The van der Waals surface area contributed by atoms with Crippen LogP contribution in [0.2, 0.25) is 0 Å². The molecule has 21 heavy (non-hydrogen) atoms. The van der Waals surface area contributed by atoms with Gasteiger partial charge in [-0.2, -0.15) is 0 Å². The lowest BCUT2D eigenvalue weighted by Crippen LogP contribution is -2.37. The Balaban J connectivity index is 1.67. The Labute approximate surface area is 126 Å². The molecule has 0 amide bonds. The molecule has 116 valence electrons. The first-order valence-electron chi connectivity index (χ1n) is 7.55. The Morgan fingerprint density at radius 1 is 1.38 bits per heavy atom. The average molecular weight is 310 g/mol. The Morgan fingerprint density at radius 2 is 2.19 bits per heavy atom. The van der Waals surface area contributed by atoms with Crippen molar-refractivity contribution in [1.29, 1.82) is 0 Å². The largest absolute Gasteiger partial charge is 0.370 e. The first kappa shape index (κ1) is 14.7. The van der Waals surface area contributed by atoms with Crippen molar-refractivity contribution in [3.63, 3.8) is 0 Å². The summed E-state index contributed by atoms with van der Waals surface area (Å²) in [5.74, 6) is 0.589. The molecular weight excluding hydrogens is 288 g/mol. The van der Waals surface area contributed by atoms with Gasteiger partial charge in [-0.3, -0.25) is 4.90 Å². The Kier molecular flexibility index (Phi) is 4.14. The molecule has 0 bridgehead atoms. The van der Waals surface area contributed by atoms with Crippen molar-refractivity contribution in [1.82, 2.24) is 14.6 Å². The van der Waals surface area contributed by atoms with Crippen molar-refractivity contribution in [3.05, 3.63) is 18.3 Å². The first-order chi connectivity index (χ1) is 10.1. The smallest absolute Gasteiger partial charge is 0.241 e. The first-order valence-corrected chi connectivity index (χ1v) is 9.03. The molecule has 1 unspecified atom stereocenters. The van der Waals surface area contributed by atoms with Crippen LogP contribution in [0.5, 0.6) is 0 Å². The van der Waals surface area contributed by atoms with E-state index in [1.54, 1.807) is 6.07 Å². The molecule has 1 saturated carbocycles. The number of sulfonamides is 1. The van der Waals surface area contributed by atoms with Crippen molar-refractivity contribution in [2.75, 3.05) is 25.0 Å². The summed E-state index contributed by atoms with van der Waals surface area (Å²) in [7, 11) is -3.47. The number of anilines is 1. The predicted octanol–water partition coefficient (Wildman–Crippen LogP) is 1.03. The molecule has 2 heterocycles. The number of aromatic nitrogens is 1. The highest BCUT2D eigenvalue weighted by Crippen LogP contribution is 2.30. The Hall–Kier alpha value is -1.18.